The molecule has 37 heavy (non-hydrogen) atoms. The number of aromatic nitrogens is 1. The van der Waals surface area contributed by atoms with E-state index in [1.54, 1.807) is 6.92 Å². The summed E-state index contributed by atoms with van der Waals surface area (Å²) in [7, 11) is 0. The number of halogens is 5. The number of hydrogen-bond donors (Lipinski definition) is 2. The Balaban J connectivity index is 1.62. The van der Waals surface area contributed by atoms with Gasteiger partial charge in [-0.25, -0.2) is 8.78 Å². The van der Waals surface area contributed by atoms with E-state index >= 15 is 0 Å². The molecule has 2 N–H and O–H groups in total. The maximum atomic E-state index is 14.9. The number of nitrogens with zero attached hydrogens (tertiary/aromatic N) is 2. The third kappa shape index (κ3) is 5.42. The predicted octanol–water partition coefficient (Wildman–Crippen LogP) is 3.67. The van der Waals surface area contributed by atoms with Gasteiger partial charge in [0.05, 0.1) is 6.04 Å². The first-order valence-corrected chi connectivity index (χ1v) is 11.7. The van der Waals surface area contributed by atoms with Gasteiger partial charge in [0.15, 0.2) is 0 Å². The molecule has 2 aliphatic heterocycles. The van der Waals surface area contributed by atoms with Crippen molar-refractivity contribution < 1.29 is 36.3 Å². The molecule has 0 aliphatic carbocycles. The number of carbonyl (C=O) groups is 3. The van der Waals surface area contributed by atoms with Crippen LogP contribution in [0.4, 0.5) is 22.0 Å². The Morgan fingerprint density at radius 2 is 1.89 bits per heavy atom. The van der Waals surface area contributed by atoms with Gasteiger partial charge in [0.1, 0.15) is 23.4 Å². The summed E-state index contributed by atoms with van der Waals surface area (Å²) in [5, 5.41) is 5.31. The van der Waals surface area contributed by atoms with E-state index in [-0.39, 0.29) is 42.0 Å². The quantitative estimate of drug-likeness (QED) is 0.584. The molecular weight excluding hydrogens is 499 g/mol. The fourth-order valence-corrected chi connectivity index (χ4v) is 4.91. The highest BCUT2D eigenvalue weighted by Crippen LogP contribution is 2.33. The highest BCUT2D eigenvalue weighted by Gasteiger charge is 2.42. The summed E-state index contributed by atoms with van der Waals surface area (Å²) >= 11 is 0. The molecular formula is C25H25F5N4O3. The minimum Gasteiger partial charge on any atom is -0.356 e. The number of carbonyl (C=O) groups excluding carboxylic acids is 3. The predicted molar refractivity (Wildman–Crippen MR) is 121 cm³/mol. The first-order chi connectivity index (χ1) is 17.4. The molecule has 4 rings (SSSR count). The topological polar surface area (TPSA) is 91.4 Å². The first kappa shape index (κ1) is 26.5. The van der Waals surface area contributed by atoms with Crippen LogP contribution in [-0.2, 0) is 15.8 Å². The molecule has 7 nitrogen and oxygen atoms in total. The molecule has 2 unspecified atom stereocenters. The van der Waals surface area contributed by atoms with Crippen molar-refractivity contribution >= 4 is 17.7 Å². The monoisotopic (exact) mass is 524 g/mol. The van der Waals surface area contributed by atoms with Crippen LogP contribution in [0.15, 0.2) is 30.5 Å². The molecule has 2 saturated heterocycles. The van der Waals surface area contributed by atoms with Gasteiger partial charge in [-0.15, -0.1) is 0 Å². The fourth-order valence-electron chi connectivity index (χ4n) is 4.91. The van der Waals surface area contributed by atoms with Crippen molar-refractivity contribution in [3.63, 3.8) is 0 Å². The van der Waals surface area contributed by atoms with Crippen molar-refractivity contribution in [1.82, 2.24) is 20.5 Å². The van der Waals surface area contributed by atoms with Crippen LogP contribution in [0.2, 0.25) is 0 Å². The van der Waals surface area contributed by atoms with Crippen molar-refractivity contribution in [2.24, 2.45) is 5.92 Å². The fraction of sp³-hybridized carbons (Fsp3) is 0.440. The zero-order valence-corrected chi connectivity index (χ0v) is 20.0. The summed E-state index contributed by atoms with van der Waals surface area (Å²) in [5.41, 5.74) is -1.57. The molecule has 0 bridgehead atoms. The average Bonchev–Trinajstić information content (AvgIpc) is 3.44. The number of nitrogens with one attached hydrogen (secondary N) is 2. The van der Waals surface area contributed by atoms with Crippen molar-refractivity contribution in [3.8, 4) is 0 Å². The van der Waals surface area contributed by atoms with Crippen molar-refractivity contribution in [2.45, 2.75) is 57.4 Å². The molecule has 2 fully saturated rings. The van der Waals surface area contributed by atoms with E-state index < -0.39 is 59.4 Å². The molecule has 1 aromatic heterocycles. The van der Waals surface area contributed by atoms with Gasteiger partial charge < -0.3 is 15.5 Å². The molecule has 3 amide bonds. The highest BCUT2D eigenvalue weighted by atomic mass is 19.4. The second-order valence-electron chi connectivity index (χ2n) is 9.46. The van der Waals surface area contributed by atoms with E-state index in [1.165, 1.54) is 11.8 Å². The molecule has 3 heterocycles. The number of rotatable bonds is 5. The normalized spacial score (nSPS) is 22.6. The summed E-state index contributed by atoms with van der Waals surface area (Å²) in [6, 6.07) is 1.15. The Hall–Kier alpha value is -3.57. The third-order valence-corrected chi connectivity index (χ3v) is 6.89. The first-order valence-electron chi connectivity index (χ1n) is 11.7. The molecule has 4 atom stereocenters. The Labute approximate surface area is 209 Å². The van der Waals surface area contributed by atoms with Gasteiger partial charge in [-0.05, 0) is 56.5 Å². The lowest BCUT2D eigenvalue weighted by Crippen LogP contribution is -2.50. The number of amides is 3. The molecule has 0 spiro atoms. The van der Waals surface area contributed by atoms with Gasteiger partial charge in [0.25, 0.3) is 5.91 Å². The Morgan fingerprint density at radius 1 is 1.16 bits per heavy atom. The number of benzene rings is 1. The zero-order valence-electron chi connectivity index (χ0n) is 20.0. The van der Waals surface area contributed by atoms with Gasteiger partial charge in [0, 0.05) is 42.2 Å². The number of hydrogen-bond acceptors (Lipinski definition) is 4. The van der Waals surface area contributed by atoms with E-state index in [2.05, 4.69) is 15.6 Å². The maximum absolute atomic E-state index is 14.9. The highest BCUT2D eigenvalue weighted by molar-refractivity contribution is 5.98. The second kappa shape index (κ2) is 10.1. The summed E-state index contributed by atoms with van der Waals surface area (Å²) in [4.78, 5) is 43.0. The van der Waals surface area contributed by atoms with E-state index in [4.69, 9.17) is 0 Å². The molecule has 1 aromatic carbocycles. The molecule has 12 heteroatoms. The molecule has 0 radical (unpaired) electrons. The van der Waals surface area contributed by atoms with Crippen LogP contribution < -0.4 is 10.6 Å². The Morgan fingerprint density at radius 3 is 2.54 bits per heavy atom. The summed E-state index contributed by atoms with van der Waals surface area (Å²) in [6.07, 6.45) is -3.28. The summed E-state index contributed by atoms with van der Waals surface area (Å²) in [6.45, 7) is 3.19. The van der Waals surface area contributed by atoms with Gasteiger partial charge in [-0.2, -0.15) is 13.2 Å². The molecule has 0 saturated carbocycles. The van der Waals surface area contributed by atoms with E-state index in [0.717, 1.165) is 24.4 Å². The van der Waals surface area contributed by atoms with Crippen LogP contribution >= 0.6 is 0 Å². The molecule has 2 aromatic rings. The van der Waals surface area contributed by atoms with E-state index in [0.29, 0.717) is 12.5 Å². The van der Waals surface area contributed by atoms with E-state index in [9.17, 15) is 36.3 Å². The maximum Gasteiger partial charge on any atom is 0.433 e. The SMILES string of the molecule is Cc1cc(F)c(C(NC(=O)[C@H]2CC[C@@H](C)N2C(=O)c2ccnc(C(F)(F)F)c2)C2CNC(=O)C2)cc1F. The van der Waals surface area contributed by atoms with E-state index in [1.807, 2.05) is 0 Å². The van der Waals surface area contributed by atoms with Gasteiger partial charge in [-0.3, -0.25) is 19.4 Å². The number of pyridine rings is 1. The Kier molecular flexibility index (Phi) is 7.20. The standard InChI is InChI=1S/C25H25F5N4O3/c1-12-7-18(27)16(10-17(12)26)22(15-9-21(35)32-11-15)33-23(36)19-4-3-13(2)34(19)24(37)14-5-6-31-20(8-14)25(28,29)30/h5-8,10,13,15,19,22H,3-4,9,11H2,1-2H3,(H,32,35)(H,33,36)/t13-,15?,19-,22?/m1/s1. The Bertz CT molecular complexity index is 1240. The van der Waals surface area contributed by atoms with Crippen molar-refractivity contribution in [1.29, 1.82) is 0 Å². The smallest absolute Gasteiger partial charge is 0.356 e. The van der Waals surface area contributed by atoms with Crippen LogP contribution in [0.5, 0.6) is 0 Å². The van der Waals surface area contributed by atoms with Crippen LogP contribution in [0.3, 0.4) is 0 Å². The lowest BCUT2D eigenvalue weighted by molar-refractivity contribution is -0.141. The second-order valence-corrected chi connectivity index (χ2v) is 9.46. The van der Waals surface area contributed by atoms with Gasteiger partial charge >= 0.3 is 6.18 Å². The summed E-state index contributed by atoms with van der Waals surface area (Å²) in [5.74, 6) is -3.77. The minimum absolute atomic E-state index is 0.0270. The average molecular weight is 524 g/mol. The number of aryl methyl sites for hydroxylation is 1. The van der Waals surface area contributed by atoms with Crippen LogP contribution in [0.1, 0.15) is 59.4 Å². The van der Waals surface area contributed by atoms with Crippen molar-refractivity contribution in [2.75, 3.05) is 6.54 Å². The lowest BCUT2D eigenvalue weighted by atomic mass is 9.90. The zero-order chi connectivity index (χ0) is 27.1. The van der Waals surface area contributed by atoms with Crippen LogP contribution in [-0.4, -0.2) is 46.2 Å². The number of likely N-dealkylation sites (tertiary alicyclic amines) is 1. The van der Waals surface area contributed by atoms with Gasteiger partial charge in [0.2, 0.25) is 11.8 Å². The molecule has 2 aliphatic rings. The summed E-state index contributed by atoms with van der Waals surface area (Å²) < 4.78 is 68.6. The lowest BCUT2D eigenvalue weighted by Gasteiger charge is -2.31. The largest absolute Gasteiger partial charge is 0.433 e. The third-order valence-electron chi connectivity index (χ3n) is 6.89. The van der Waals surface area contributed by atoms with Crippen LogP contribution in [0.25, 0.3) is 0 Å². The number of alkyl halides is 3. The molecule has 198 valence electrons. The van der Waals surface area contributed by atoms with Crippen molar-refractivity contribution in [3.05, 3.63) is 64.5 Å². The minimum atomic E-state index is -4.75. The van der Waals surface area contributed by atoms with Gasteiger partial charge in [-0.1, -0.05) is 0 Å². The van der Waals surface area contributed by atoms with Crippen LogP contribution in [0, 0.1) is 24.5 Å².